The highest BCUT2D eigenvalue weighted by molar-refractivity contribution is 7.09. The molecule has 4 heteroatoms. The minimum Gasteiger partial charge on any atom is -0.330 e. The molecule has 0 amide bonds. The molecule has 0 aliphatic heterocycles. The van der Waals surface area contributed by atoms with Gasteiger partial charge in [0.05, 0.1) is 10.7 Å². The molecule has 2 saturated carbocycles. The van der Waals surface area contributed by atoms with Crippen LogP contribution in [0.4, 0.5) is 0 Å². The minimum atomic E-state index is 0.691. The molecule has 3 nitrogen and oxygen atoms in total. The van der Waals surface area contributed by atoms with E-state index in [0.29, 0.717) is 12.0 Å². The lowest BCUT2D eigenvalue weighted by atomic mass is 10.0. The summed E-state index contributed by atoms with van der Waals surface area (Å²) in [5, 5.41) is 6.93. The second-order valence-corrected chi connectivity index (χ2v) is 6.45. The highest BCUT2D eigenvalue weighted by atomic mass is 32.1. The van der Waals surface area contributed by atoms with Crippen molar-refractivity contribution in [2.45, 2.75) is 38.6 Å². The summed E-state index contributed by atoms with van der Waals surface area (Å²) in [7, 11) is 0. The molecule has 2 fully saturated rings. The molecule has 3 N–H and O–H groups in total. The monoisotopic (exact) mass is 251 g/mol. The van der Waals surface area contributed by atoms with E-state index < -0.39 is 0 Å². The first-order valence-electron chi connectivity index (χ1n) is 6.66. The number of nitrogens with zero attached hydrogens (tertiary/aromatic N) is 1. The Morgan fingerprint density at radius 3 is 2.94 bits per heavy atom. The van der Waals surface area contributed by atoms with E-state index in [1.807, 2.05) is 0 Å². The number of hydrogen-bond donors (Lipinski definition) is 2. The number of thiazole rings is 1. The topological polar surface area (TPSA) is 50.9 Å². The van der Waals surface area contributed by atoms with Crippen LogP contribution in [0.25, 0.3) is 0 Å². The van der Waals surface area contributed by atoms with Gasteiger partial charge in [0.25, 0.3) is 0 Å². The third kappa shape index (κ3) is 2.69. The van der Waals surface area contributed by atoms with E-state index in [0.717, 1.165) is 18.9 Å². The Morgan fingerprint density at radius 2 is 2.29 bits per heavy atom. The van der Waals surface area contributed by atoms with Crippen LogP contribution in [0.2, 0.25) is 0 Å². The molecule has 0 spiro atoms. The SMILES string of the molecule is NCCc1nc(CNCC2(C3CC3)CC2)cs1. The predicted octanol–water partition coefficient (Wildman–Crippen LogP) is 1.92. The maximum absolute atomic E-state index is 5.53. The molecule has 0 saturated heterocycles. The Bertz CT molecular complexity index is 380. The molecule has 94 valence electrons. The van der Waals surface area contributed by atoms with E-state index in [4.69, 9.17) is 5.73 Å². The van der Waals surface area contributed by atoms with Crippen LogP contribution in [0, 0.1) is 11.3 Å². The molecule has 2 aliphatic carbocycles. The van der Waals surface area contributed by atoms with Gasteiger partial charge in [0.1, 0.15) is 0 Å². The molecule has 1 aromatic rings. The average molecular weight is 251 g/mol. The standard InChI is InChI=1S/C13H21N3S/c14-6-3-12-16-11(8-17-12)7-15-9-13(4-5-13)10-1-2-10/h8,10,15H,1-7,9,14H2. The zero-order valence-electron chi connectivity index (χ0n) is 10.2. The highest BCUT2D eigenvalue weighted by Gasteiger charge is 2.53. The first-order valence-corrected chi connectivity index (χ1v) is 7.54. The summed E-state index contributed by atoms with van der Waals surface area (Å²) in [5.74, 6) is 1.04. The molecule has 0 aromatic carbocycles. The van der Waals surface area contributed by atoms with Crippen LogP contribution in [0.1, 0.15) is 36.4 Å². The van der Waals surface area contributed by atoms with Crippen molar-refractivity contribution in [3.05, 3.63) is 16.1 Å². The quantitative estimate of drug-likeness (QED) is 0.778. The molecule has 0 atom stereocenters. The van der Waals surface area contributed by atoms with Crippen LogP contribution < -0.4 is 11.1 Å². The Hall–Kier alpha value is -0.450. The van der Waals surface area contributed by atoms with Crippen molar-refractivity contribution in [1.29, 1.82) is 0 Å². The van der Waals surface area contributed by atoms with E-state index in [-0.39, 0.29) is 0 Å². The predicted molar refractivity (Wildman–Crippen MR) is 71.0 cm³/mol. The van der Waals surface area contributed by atoms with Crippen molar-refractivity contribution in [3.63, 3.8) is 0 Å². The summed E-state index contributed by atoms with van der Waals surface area (Å²) in [5.41, 5.74) is 7.40. The Labute approximate surface area is 107 Å². The third-order valence-electron chi connectivity index (χ3n) is 4.08. The van der Waals surface area contributed by atoms with Crippen LogP contribution in [0.3, 0.4) is 0 Å². The lowest BCUT2D eigenvalue weighted by molar-refractivity contribution is 0.402. The van der Waals surface area contributed by atoms with Crippen LogP contribution in [-0.2, 0) is 13.0 Å². The normalized spacial score (nSPS) is 21.7. The van der Waals surface area contributed by atoms with Crippen molar-refractivity contribution in [3.8, 4) is 0 Å². The van der Waals surface area contributed by atoms with Gasteiger partial charge >= 0.3 is 0 Å². The number of nitrogens with two attached hydrogens (primary N) is 1. The Balaban J connectivity index is 1.44. The second-order valence-electron chi connectivity index (χ2n) is 5.51. The van der Waals surface area contributed by atoms with Gasteiger partial charge in [-0.1, -0.05) is 0 Å². The Morgan fingerprint density at radius 1 is 1.47 bits per heavy atom. The first kappa shape index (κ1) is 11.6. The first-order chi connectivity index (χ1) is 8.32. The van der Waals surface area contributed by atoms with Crippen molar-refractivity contribution < 1.29 is 0 Å². The number of rotatable bonds is 7. The van der Waals surface area contributed by atoms with Crippen molar-refractivity contribution in [2.75, 3.05) is 13.1 Å². The van der Waals surface area contributed by atoms with Gasteiger partial charge in [-0.15, -0.1) is 11.3 Å². The fourth-order valence-electron chi connectivity index (χ4n) is 2.69. The van der Waals surface area contributed by atoms with Crippen LogP contribution in [0.5, 0.6) is 0 Å². The fourth-order valence-corrected chi connectivity index (χ4v) is 3.51. The molecule has 17 heavy (non-hydrogen) atoms. The maximum Gasteiger partial charge on any atom is 0.0941 e. The summed E-state index contributed by atoms with van der Waals surface area (Å²) in [6.45, 7) is 2.82. The van der Waals surface area contributed by atoms with Gasteiger partial charge in [0, 0.05) is 24.9 Å². The summed E-state index contributed by atoms with van der Waals surface area (Å²) < 4.78 is 0. The zero-order chi connectivity index (χ0) is 11.7. The summed E-state index contributed by atoms with van der Waals surface area (Å²) in [4.78, 5) is 4.58. The van der Waals surface area contributed by atoms with Crippen LogP contribution >= 0.6 is 11.3 Å². The van der Waals surface area contributed by atoms with Gasteiger partial charge in [0.15, 0.2) is 0 Å². The molecule has 0 radical (unpaired) electrons. The lowest BCUT2D eigenvalue weighted by Gasteiger charge is -2.14. The van der Waals surface area contributed by atoms with E-state index >= 15 is 0 Å². The molecule has 0 unspecified atom stereocenters. The van der Waals surface area contributed by atoms with Gasteiger partial charge in [0.2, 0.25) is 0 Å². The maximum atomic E-state index is 5.53. The van der Waals surface area contributed by atoms with Crippen molar-refractivity contribution in [1.82, 2.24) is 10.3 Å². The zero-order valence-corrected chi connectivity index (χ0v) is 11.1. The largest absolute Gasteiger partial charge is 0.330 e. The average Bonchev–Trinajstić information content (AvgIpc) is 3.20. The second kappa shape index (κ2) is 4.67. The molecular weight excluding hydrogens is 230 g/mol. The Kier molecular flexibility index (Phi) is 3.19. The smallest absolute Gasteiger partial charge is 0.0941 e. The summed E-state index contributed by atoms with van der Waals surface area (Å²) in [6.07, 6.45) is 6.75. The number of hydrogen-bond acceptors (Lipinski definition) is 4. The van der Waals surface area contributed by atoms with Crippen molar-refractivity contribution >= 4 is 11.3 Å². The molecule has 2 aliphatic rings. The minimum absolute atomic E-state index is 0.691. The van der Waals surface area contributed by atoms with Gasteiger partial charge < -0.3 is 11.1 Å². The number of aromatic nitrogens is 1. The summed E-state index contributed by atoms with van der Waals surface area (Å²) >= 11 is 1.74. The van der Waals surface area contributed by atoms with Crippen LogP contribution in [0.15, 0.2) is 5.38 Å². The van der Waals surface area contributed by atoms with Crippen LogP contribution in [-0.4, -0.2) is 18.1 Å². The van der Waals surface area contributed by atoms with Crippen molar-refractivity contribution in [2.24, 2.45) is 17.1 Å². The molecule has 3 rings (SSSR count). The van der Waals surface area contributed by atoms with E-state index in [2.05, 4.69) is 15.7 Å². The molecule has 0 bridgehead atoms. The fraction of sp³-hybridized carbons (Fsp3) is 0.769. The molecular formula is C13H21N3S. The summed E-state index contributed by atoms with van der Waals surface area (Å²) in [6, 6.07) is 0. The van der Waals surface area contributed by atoms with Gasteiger partial charge in [-0.3, -0.25) is 0 Å². The lowest BCUT2D eigenvalue weighted by Crippen LogP contribution is -2.25. The number of nitrogens with one attached hydrogen (secondary N) is 1. The molecule has 1 aromatic heterocycles. The third-order valence-corrected chi connectivity index (χ3v) is 5.03. The molecule has 1 heterocycles. The van der Waals surface area contributed by atoms with E-state index in [9.17, 15) is 0 Å². The van der Waals surface area contributed by atoms with Gasteiger partial charge in [-0.2, -0.15) is 0 Å². The van der Waals surface area contributed by atoms with Gasteiger partial charge in [-0.25, -0.2) is 4.98 Å². The van der Waals surface area contributed by atoms with Gasteiger partial charge in [-0.05, 0) is 43.6 Å². The van der Waals surface area contributed by atoms with E-state index in [1.165, 1.54) is 42.9 Å². The highest BCUT2D eigenvalue weighted by Crippen LogP contribution is 2.60. The van der Waals surface area contributed by atoms with E-state index in [1.54, 1.807) is 11.3 Å².